The van der Waals surface area contributed by atoms with E-state index < -0.39 is 10.8 Å². The Hall–Kier alpha value is -0.310. The average molecular weight is 202 g/mol. The first-order valence-electron chi connectivity index (χ1n) is 4.85. The molecule has 1 fully saturated rings. The maximum absolute atomic E-state index is 11.1. The highest BCUT2D eigenvalue weighted by atomic mass is 32.2. The SMILES string of the molecule is C/C=C/OC(C)C1CCS(=O)CC1. The van der Waals surface area contributed by atoms with E-state index in [0.29, 0.717) is 5.92 Å². The molecule has 1 rings (SSSR count). The number of ether oxygens (including phenoxy) is 1. The van der Waals surface area contributed by atoms with E-state index in [1.165, 1.54) is 0 Å². The van der Waals surface area contributed by atoms with Crippen LogP contribution in [0.3, 0.4) is 0 Å². The van der Waals surface area contributed by atoms with Crippen LogP contribution in [-0.4, -0.2) is 21.8 Å². The lowest BCUT2D eigenvalue weighted by atomic mass is 9.97. The number of hydrogen-bond donors (Lipinski definition) is 0. The first kappa shape index (κ1) is 10.8. The van der Waals surface area contributed by atoms with Crippen molar-refractivity contribution < 1.29 is 8.95 Å². The van der Waals surface area contributed by atoms with Gasteiger partial charge in [-0.05, 0) is 32.6 Å². The van der Waals surface area contributed by atoms with E-state index in [4.69, 9.17) is 4.74 Å². The van der Waals surface area contributed by atoms with Crippen LogP contribution in [0, 0.1) is 5.92 Å². The molecule has 0 bridgehead atoms. The second-order valence-corrected chi connectivity index (χ2v) is 5.19. The molecule has 13 heavy (non-hydrogen) atoms. The third-order valence-corrected chi connectivity index (χ3v) is 3.91. The van der Waals surface area contributed by atoms with Crippen LogP contribution in [-0.2, 0) is 15.5 Å². The van der Waals surface area contributed by atoms with Gasteiger partial charge in [-0.2, -0.15) is 0 Å². The standard InChI is InChI=1S/C10H18O2S/c1-3-6-12-9(2)10-4-7-13(11)8-5-10/h3,6,9-10H,4-5,7-8H2,1-2H3/b6-3+. The Bertz CT molecular complexity index is 191. The second kappa shape index (κ2) is 5.43. The van der Waals surface area contributed by atoms with E-state index in [0.717, 1.165) is 24.3 Å². The highest BCUT2D eigenvalue weighted by molar-refractivity contribution is 7.85. The molecule has 1 heterocycles. The van der Waals surface area contributed by atoms with Gasteiger partial charge in [-0.25, -0.2) is 0 Å². The minimum absolute atomic E-state index is 0.272. The molecule has 0 aliphatic carbocycles. The average Bonchev–Trinajstić information content (AvgIpc) is 2.15. The summed E-state index contributed by atoms with van der Waals surface area (Å²) < 4.78 is 16.6. The minimum Gasteiger partial charge on any atom is -0.498 e. The van der Waals surface area contributed by atoms with Crippen molar-refractivity contribution in [1.29, 1.82) is 0 Å². The van der Waals surface area contributed by atoms with E-state index in [-0.39, 0.29) is 6.10 Å². The number of allylic oxidation sites excluding steroid dienone is 1. The fourth-order valence-corrected chi connectivity index (χ4v) is 2.93. The lowest BCUT2D eigenvalue weighted by molar-refractivity contribution is 0.0967. The normalized spacial score (nSPS) is 31.8. The molecule has 1 unspecified atom stereocenters. The van der Waals surface area contributed by atoms with Crippen molar-refractivity contribution >= 4 is 10.8 Å². The van der Waals surface area contributed by atoms with Crippen LogP contribution >= 0.6 is 0 Å². The first-order valence-corrected chi connectivity index (χ1v) is 6.34. The summed E-state index contributed by atoms with van der Waals surface area (Å²) in [6, 6.07) is 0. The highest BCUT2D eigenvalue weighted by Gasteiger charge is 2.23. The zero-order chi connectivity index (χ0) is 9.68. The largest absolute Gasteiger partial charge is 0.498 e. The van der Waals surface area contributed by atoms with Gasteiger partial charge >= 0.3 is 0 Å². The van der Waals surface area contributed by atoms with E-state index >= 15 is 0 Å². The number of hydrogen-bond acceptors (Lipinski definition) is 2. The molecule has 1 saturated heterocycles. The Morgan fingerprint density at radius 1 is 1.46 bits per heavy atom. The Labute approximate surface area is 82.8 Å². The molecule has 0 spiro atoms. The van der Waals surface area contributed by atoms with Gasteiger partial charge in [0.2, 0.25) is 0 Å². The van der Waals surface area contributed by atoms with E-state index in [1.54, 1.807) is 6.26 Å². The number of rotatable bonds is 3. The Morgan fingerprint density at radius 2 is 2.08 bits per heavy atom. The molecule has 0 aromatic carbocycles. The molecule has 0 aromatic heterocycles. The molecule has 0 amide bonds. The van der Waals surface area contributed by atoms with Gasteiger partial charge in [0.15, 0.2) is 0 Å². The van der Waals surface area contributed by atoms with Crippen LogP contribution in [0.2, 0.25) is 0 Å². The van der Waals surface area contributed by atoms with Crippen molar-refractivity contribution in [2.24, 2.45) is 5.92 Å². The summed E-state index contributed by atoms with van der Waals surface area (Å²) in [4.78, 5) is 0. The molecule has 0 aromatic rings. The van der Waals surface area contributed by atoms with E-state index in [1.807, 2.05) is 13.0 Å². The Kier molecular flexibility index (Phi) is 4.50. The van der Waals surface area contributed by atoms with Gasteiger partial charge in [-0.1, -0.05) is 6.08 Å². The zero-order valence-corrected chi connectivity index (χ0v) is 9.18. The van der Waals surface area contributed by atoms with Gasteiger partial charge < -0.3 is 4.74 Å². The van der Waals surface area contributed by atoms with Crippen molar-refractivity contribution in [1.82, 2.24) is 0 Å². The zero-order valence-electron chi connectivity index (χ0n) is 8.36. The predicted octanol–water partition coefficient (Wildman–Crippen LogP) is 2.08. The predicted molar refractivity (Wildman–Crippen MR) is 56.0 cm³/mol. The summed E-state index contributed by atoms with van der Waals surface area (Å²) in [7, 11) is -0.557. The lowest BCUT2D eigenvalue weighted by Gasteiger charge is -2.26. The Morgan fingerprint density at radius 3 is 2.62 bits per heavy atom. The summed E-state index contributed by atoms with van der Waals surface area (Å²) in [5.74, 6) is 2.30. The minimum atomic E-state index is -0.557. The van der Waals surface area contributed by atoms with Gasteiger partial charge in [0, 0.05) is 22.3 Å². The third kappa shape index (κ3) is 3.51. The van der Waals surface area contributed by atoms with Crippen LogP contribution < -0.4 is 0 Å². The fraction of sp³-hybridized carbons (Fsp3) is 0.800. The lowest BCUT2D eigenvalue weighted by Crippen LogP contribution is -2.27. The van der Waals surface area contributed by atoms with E-state index in [2.05, 4.69) is 6.92 Å². The van der Waals surface area contributed by atoms with Crippen molar-refractivity contribution in [2.75, 3.05) is 11.5 Å². The molecule has 1 aliphatic rings. The maximum atomic E-state index is 11.1. The van der Waals surface area contributed by atoms with Crippen LogP contribution in [0.4, 0.5) is 0 Å². The summed E-state index contributed by atoms with van der Waals surface area (Å²) in [5, 5.41) is 0. The van der Waals surface area contributed by atoms with Crippen LogP contribution in [0.25, 0.3) is 0 Å². The summed E-state index contributed by atoms with van der Waals surface area (Å²) in [6.45, 7) is 4.04. The molecule has 0 saturated carbocycles. The van der Waals surface area contributed by atoms with Crippen molar-refractivity contribution in [3.8, 4) is 0 Å². The smallest absolute Gasteiger partial charge is 0.0978 e. The maximum Gasteiger partial charge on any atom is 0.0978 e. The molecule has 1 aliphatic heterocycles. The van der Waals surface area contributed by atoms with Gasteiger partial charge in [-0.3, -0.25) is 4.21 Å². The topological polar surface area (TPSA) is 26.3 Å². The summed E-state index contributed by atoms with van der Waals surface area (Å²) in [6.07, 6.45) is 6.01. The van der Waals surface area contributed by atoms with Crippen LogP contribution in [0.5, 0.6) is 0 Å². The highest BCUT2D eigenvalue weighted by Crippen LogP contribution is 2.22. The van der Waals surface area contributed by atoms with Gasteiger partial charge in [0.1, 0.15) is 0 Å². The van der Waals surface area contributed by atoms with Gasteiger partial charge in [0.25, 0.3) is 0 Å². The van der Waals surface area contributed by atoms with Gasteiger partial charge in [-0.15, -0.1) is 0 Å². The van der Waals surface area contributed by atoms with Crippen LogP contribution in [0.15, 0.2) is 12.3 Å². The van der Waals surface area contributed by atoms with Crippen molar-refractivity contribution in [2.45, 2.75) is 32.8 Å². The molecule has 76 valence electrons. The molecular formula is C10H18O2S. The molecule has 2 nitrogen and oxygen atoms in total. The fourth-order valence-electron chi connectivity index (χ4n) is 1.60. The quantitative estimate of drug-likeness (QED) is 0.655. The van der Waals surface area contributed by atoms with Gasteiger partial charge in [0.05, 0.1) is 12.4 Å². The molecule has 0 radical (unpaired) electrons. The van der Waals surface area contributed by atoms with E-state index in [9.17, 15) is 4.21 Å². The monoisotopic (exact) mass is 202 g/mol. The second-order valence-electron chi connectivity index (χ2n) is 3.50. The summed E-state index contributed by atoms with van der Waals surface area (Å²) in [5.41, 5.74) is 0. The molecule has 0 N–H and O–H groups in total. The first-order chi connectivity index (χ1) is 6.24. The third-order valence-electron chi connectivity index (χ3n) is 2.53. The Balaban J connectivity index is 2.30. The molecule has 1 atom stereocenters. The molecular weight excluding hydrogens is 184 g/mol. The molecule has 3 heteroatoms. The van der Waals surface area contributed by atoms with Crippen molar-refractivity contribution in [3.63, 3.8) is 0 Å². The van der Waals surface area contributed by atoms with Crippen LogP contribution in [0.1, 0.15) is 26.7 Å². The summed E-state index contributed by atoms with van der Waals surface area (Å²) >= 11 is 0. The van der Waals surface area contributed by atoms with Crippen molar-refractivity contribution in [3.05, 3.63) is 12.3 Å².